The largest absolute Gasteiger partial charge is 0.477 e. The van der Waals surface area contributed by atoms with Gasteiger partial charge in [-0.25, -0.2) is 4.79 Å². The number of nitrogens with two attached hydrogens (primary N) is 1. The van der Waals surface area contributed by atoms with E-state index < -0.39 is 5.60 Å². The van der Waals surface area contributed by atoms with Crippen molar-refractivity contribution in [3.05, 3.63) is 18.2 Å². The molecule has 0 saturated carbocycles. The van der Waals surface area contributed by atoms with Crippen LogP contribution in [0.15, 0.2) is 18.2 Å². The van der Waals surface area contributed by atoms with Crippen LogP contribution in [0.1, 0.15) is 33.6 Å². The molecule has 122 valence electrons. The smallest absolute Gasteiger partial charge is 0.410 e. The molecule has 0 bridgehead atoms. The Kier molecular flexibility index (Phi) is 5.11. The number of hydrogen-bond donors (Lipinski definition) is 1. The Morgan fingerprint density at radius 3 is 2.64 bits per heavy atom. The number of nitrogens with zero attached hydrogens (tertiary/aromatic N) is 2. The molecular weight excluding hydrogens is 282 g/mol. The summed E-state index contributed by atoms with van der Waals surface area (Å²) in [5, 5.41) is 0. The predicted molar refractivity (Wildman–Crippen MR) is 84.7 cm³/mol. The van der Waals surface area contributed by atoms with E-state index >= 15 is 0 Å². The van der Waals surface area contributed by atoms with E-state index in [1.54, 1.807) is 17.0 Å². The molecule has 0 unspecified atom stereocenters. The minimum absolute atomic E-state index is 0.232. The summed E-state index contributed by atoms with van der Waals surface area (Å²) in [6, 6.07) is 5.35. The van der Waals surface area contributed by atoms with Crippen LogP contribution in [0.4, 0.5) is 10.6 Å². The Hall–Kier alpha value is -1.98. The molecule has 22 heavy (non-hydrogen) atoms. The van der Waals surface area contributed by atoms with E-state index in [0.717, 1.165) is 12.8 Å². The van der Waals surface area contributed by atoms with Crippen LogP contribution in [-0.2, 0) is 4.74 Å². The van der Waals surface area contributed by atoms with Crippen LogP contribution >= 0.6 is 0 Å². The van der Waals surface area contributed by atoms with Crippen LogP contribution in [0, 0.1) is 5.92 Å². The number of ether oxygens (including phenoxy) is 2. The number of likely N-dealkylation sites (tertiary alicyclic amines) is 1. The molecule has 0 radical (unpaired) electrons. The quantitative estimate of drug-likeness (QED) is 0.929. The summed E-state index contributed by atoms with van der Waals surface area (Å²) < 4.78 is 11.1. The fraction of sp³-hybridized carbons (Fsp3) is 0.625. The Labute approximate surface area is 131 Å². The molecule has 2 rings (SSSR count). The second-order valence-corrected chi connectivity index (χ2v) is 6.62. The number of anilines is 1. The third kappa shape index (κ3) is 5.09. The molecule has 0 atom stereocenters. The van der Waals surface area contributed by atoms with Gasteiger partial charge in [0, 0.05) is 19.2 Å². The zero-order valence-corrected chi connectivity index (χ0v) is 13.5. The number of amides is 1. The lowest BCUT2D eigenvalue weighted by Crippen LogP contribution is -2.42. The van der Waals surface area contributed by atoms with E-state index in [9.17, 15) is 4.79 Å². The van der Waals surface area contributed by atoms with Crippen molar-refractivity contribution in [2.45, 2.75) is 39.2 Å². The summed E-state index contributed by atoms with van der Waals surface area (Å²) in [6.45, 7) is 7.64. The highest BCUT2D eigenvalue weighted by molar-refractivity contribution is 5.68. The van der Waals surface area contributed by atoms with Crippen molar-refractivity contribution in [1.82, 2.24) is 9.88 Å². The SMILES string of the molecule is CC(C)(C)OC(=O)N1CCC(COc2cccc(N)n2)CC1. The van der Waals surface area contributed by atoms with Crippen molar-refractivity contribution in [3.8, 4) is 5.88 Å². The molecule has 2 N–H and O–H groups in total. The van der Waals surface area contributed by atoms with Crippen molar-refractivity contribution in [2.75, 3.05) is 25.4 Å². The van der Waals surface area contributed by atoms with E-state index in [-0.39, 0.29) is 6.09 Å². The molecule has 1 amide bonds. The van der Waals surface area contributed by atoms with Crippen LogP contribution in [0.3, 0.4) is 0 Å². The number of piperidine rings is 1. The van der Waals surface area contributed by atoms with E-state index in [2.05, 4.69) is 4.98 Å². The highest BCUT2D eigenvalue weighted by Crippen LogP contribution is 2.21. The zero-order chi connectivity index (χ0) is 16.2. The lowest BCUT2D eigenvalue weighted by atomic mass is 9.98. The molecule has 0 aliphatic carbocycles. The molecule has 1 aromatic heterocycles. The van der Waals surface area contributed by atoms with E-state index in [1.807, 2.05) is 26.8 Å². The molecule has 1 aliphatic heterocycles. The third-order valence-corrected chi connectivity index (χ3v) is 3.48. The number of nitrogen functional groups attached to an aromatic ring is 1. The molecule has 0 spiro atoms. The molecule has 6 nitrogen and oxygen atoms in total. The van der Waals surface area contributed by atoms with Crippen molar-refractivity contribution in [1.29, 1.82) is 0 Å². The summed E-state index contributed by atoms with van der Waals surface area (Å²) in [4.78, 5) is 17.9. The maximum absolute atomic E-state index is 12.0. The zero-order valence-electron chi connectivity index (χ0n) is 13.5. The lowest BCUT2D eigenvalue weighted by Gasteiger charge is -2.33. The van der Waals surface area contributed by atoms with Gasteiger partial charge in [-0.1, -0.05) is 6.07 Å². The number of rotatable bonds is 3. The third-order valence-electron chi connectivity index (χ3n) is 3.48. The van der Waals surface area contributed by atoms with E-state index in [4.69, 9.17) is 15.2 Å². The van der Waals surface area contributed by atoms with Crippen LogP contribution < -0.4 is 10.5 Å². The monoisotopic (exact) mass is 307 g/mol. The Morgan fingerprint density at radius 1 is 1.36 bits per heavy atom. The first-order valence-corrected chi connectivity index (χ1v) is 7.67. The first-order chi connectivity index (χ1) is 10.3. The van der Waals surface area contributed by atoms with Gasteiger partial charge < -0.3 is 20.1 Å². The molecule has 6 heteroatoms. The number of carbonyl (C=O) groups is 1. The van der Waals surface area contributed by atoms with Crippen LogP contribution in [0.2, 0.25) is 0 Å². The van der Waals surface area contributed by atoms with E-state index in [1.165, 1.54) is 0 Å². The average Bonchev–Trinajstić information content (AvgIpc) is 2.44. The summed E-state index contributed by atoms with van der Waals surface area (Å²) >= 11 is 0. The molecule has 0 aromatic carbocycles. The topological polar surface area (TPSA) is 77.7 Å². The van der Waals surface area contributed by atoms with Gasteiger partial charge in [0.25, 0.3) is 0 Å². The van der Waals surface area contributed by atoms with Gasteiger partial charge in [0.2, 0.25) is 5.88 Å². The van der Waals surface area contributed by atoms with Gasteiger partial charge in [-0.2, -0.15) is 4.98 Å². The van der Waals surface area contributed by atoms with Gasteiger partial charge in [0.15, 0.2) is 0 Å². The standard InChI is InChI=1S/C16H25N3O3/c1-16(2,3)22-15(20)19-9-7-12(8-10-19)11-21-14-6-4-5-13(17)18-14/h4-6,12H,7-11H2,1-3H3,(H2,17,18). The molecule has 2 heterocycles. The van der Waals surface area contributed by atoms with Crippen LogP contribution in [0.5, 0.6) is 5.88 Å². The molecule has 1 aliphatic rings. The van der Waals surface area contributed by atoms with Gasteiger partial charge in [0.05, 0.1) is 6.61 Å². The van der Waals surface area contributed by atoms with Crippen LogP contribution in [0.25, 0.3) is 0 Å². The van der Waals surface area contributed by atoms with Crippen molar-refractivity contribution >= 4 is 11.9 Å². The summed E-state index contributed by atoms with van der Waals surface area (Å²) in [5.41, 5.74) is 5.17. The molecule has 1 saturated heterocycles. The molecule has 1 aromatic rings. The maximum atomic E-state index is 12.0. The highest BCUT2D eigenvalue weighted by atomic mass is 16.6. The van der Waals surface area contributed by atoms with Crippen molar-refractivity contribution in [2.24, 2.45) is 5.92 Å². The predicted octanol–water partition coefficient (Wildman–Crippen LogP) is 2.69. The fourth-order valence-electron chi connectivity index (χ4n) is 2.32. The Bertz CT molecular complexity index is 506. The average molecular weight is 307 g/mol. The minimum Gasteiger partial charge on any atom is -0.477 e. The normalized spacial score (nSPS) is 16.4. The van der Waals surface area contributed by atoms with Crippen molar-refractivity contribution in [3.63, 3.8) is 0 Å². The van der Waals surface area contributed by atoms with Gasteiger partial charge in [0.1, 0.15) is 11.4 Å². The number of carbonyl (C=O) groups excluding carboxylic acids is 1. The first kappa shape index (κ1) is 16.4. The fourth-order valence-corrected chi connectivity index (χ4v) is 2.32. The number of pyridine rings is 1. The summed E-state index contributed by atoms with van der Waals surface area (Å²) in [5.74, 6) is 1.42. The van der Waals surface area contributed by atoms with Crippen LogP contribution in [-0.4, -0.2) is 41.3 Å². The van der Waals surface area contributed by atoms with Gasteiger partial charge >= 0.3 is 6.09 Å². The second kappa shape index (κ2) is 6.85. The minimum atomic E-state index is -0.448. The number of hydrogen-bond acceptors (Lipinski definition) is 5. The van der Waals surface area contributed by atoms with Crippen molar-refractivity contribution < 1.29 is 14.3 Å². The highest BCUT2D eigenvalue weighted by Gasteiger charge is 2.27. The van der Waals surface area contributed by atoms with Gasteiger partial charge in [-0.15, -0.1) is 0 Å². The lowest BCUT2D eigenvalue weighted by molar-refractivity contribution is 0.0164. The second-order valence-electron chi connectivity index (χ2n) is 6.62. The van der Waals surface area contributed by atoms with Gasteiger partial charge in [-0.05, 0) is 45.6 Å². The summed E-state index contributed by atoms with van der Waals surface area (Å²) in [7, 11) is 0. The maximum Gasteiger partial charge on any atom is 0.410 e. The number of aromatic nitrogens is 1. The first-order valence-electron chi connectivity index (χ1n) is 7.67. The Morgan fingerprint density at radius 2 is 2.05 bits per heavy atom. The summed E-state index contributed by atoms with van der Waals surface area (Å²) in [6.07, 6.45) is 1.58. The van der Waals surface area contributed by atoms with E-state index in [0.29, 0.717) is 37.3 Å². The Balaban J connectivity index is 1.74. The molecular formula is C16H25N3O3. The molecule has 1 fully saturated rings. The van der Waals surface area contributed by atoms with Gasteiger partial charge in [-0.3, -0.25) is 0 Å².